The highest BCUT2D eigenvalue weighted by atomic mass is 32.1. The largest absolute Gasteiger partial charge is 0.481 e. The number of aryl methyl sites for hydroxylation is 2. The number of aromatic nitrogens is 2. The summed E-state index contributed by atoms with van der Waals surface area (Å²) >= 11 is 1.48. The number of benzene rings is 1. The van der Waals surface area contributed by atoms with Crippen molar-refractivity contribution in [2.24, 2.45) is 0 Å². The first kappa shape index (κ1) is 24.7. The van der Waals surface area contributed by atoms with Gasteiger partial charge in [0.15, 0.2) is 0 Å². The summed E-state index contributed by atoms with van der Waals surface area (Å²) in [4.78, 5) is 33.5. The zero-order valence-corrected chi connectivity index (χ0v) is 22.0. The van der Waals surface area contributed by atoms with Gasteiger partial charge in [0, 0.05) is 22.2 Å². The van der Waals surface area contributed by atoms with E-state index in [4.69, 9.17) is 9.47 Å². The van der Waals surface area contributed by atoms with E-state index in [-0.39, 0.29) is 11.5 Å². The SMILES string of the molecule is COc1nc(C)c2[nH]c(=O)c3sc(C)cc3c2c1-c1ccc(C(C)CNC(=O)OC(C)(C)C)cc1. The Bertz CT molecular complexity index is 1460. The monoisotopic (exact) mass is 493 g/mol. The number of amides is 1. The molecule has 4 aromatic rings. The van der Waals surface area contributed by atoms with Gasteiger partial charge in [0.1, 0.15) is 10.3 Å². The lowest BCUT2D eigenvalue weighted by Crippen LogP contribution is -2.34. The maximum absolute atomic E-state index is 12.7. The van der Waals surface area contributed by atoms with Gasteiger partial charge in [-0.15, -0.1) is 11.3 Å². The Balaban J connectivity index is 1.73. The zero-order valence-electron chi connectivity index (χ0n) is 21.2. The molecule has 2 N–H and O–H groups in total. The number of carbonyl (C=O) groups is 1. The number of carbonyl (C=O) groups excluding carboxylic acids is 1. The van der Waals surface area contributed by atoms with Gasteiger partial charge in [-0.05, 0) is 57.7 Å². The number of nitrogens with one attached hydrogen (secondary N) is 2. The summed E-state index contributed by atoms with van der Waals surface area (Å²) in [5, 5.41) is 4.67. The lowest BCUT2D eigenvalue weighted by atomic mass is 9.95. The second-order valence-corrected chi connectivity index (χ2v) is 11.0. The van der Waals surface area contributed by atoms with E-state index >= 15 is 0 Å². The molecule has 8 heteroatoms. The zero-order chi connectivity index (χ0) is 25.5. The smallest absolute Gasteiger partial charge is 0.407 e. The van der Waals surface area contributed by atoms with E-state index in [1.54, 1.807) is 7.11 Å². The molecule has 1 atom stereocenters. The number of nitrogens with zero attached hydrogens (tertiary/aromatic N) is 1. The molecule has 0 fully saturated rings. The predicted molar refractivity (Wildman–Crippen MR) is 142 cm³/mol. The minimum Gasteiger partial charge on any atom is -0.481 e. The number of thiophene rings is 1. The number of aromatic amines is 1. The standard InChI is InChI=1S/C27H31N3O4S/c1-14(13-28-26(32)34-27(4,5)6)17-8-10-18(11-9-17)20-21-19-12-15(2)35-23(19)24(31)30-22(21)16(3)29-25(20)33-7/h8-12,14H,13H2,1-7H3,(H,28,32)(H,30,31). The van der Waals surface area contributed by atoms with Crippen LogP contribution in [0.25, 0.3) is 32.1 Å². The fraction of sp³-hybridized carbons (Fsp3) is 0.370. The third-order valence-corrected chi connectivity index (χ3v) is 6.88. The molecule has 184 valence electrons. The third-order valence-electron chi connectivity index (χ3n) is 5.83. The maximum atomic E-state index is 12.7. The van der Waals surface area contributed by atoms with Crippen LogP contribution < -0.4 is 15.6 Å². The summed E-state index contributed by atoms with van der Waals surface area (Å²) in [5.41, 5.74) is 3.66. The summed E-state index contributed by atoms with van der Waals surface area (Å²) in [6, 6.07) is 10.2. The van der Waals surface area contributed by atoms with Gasteiger partial charge in [-0.2, -0.15) is 0 Å². The molecule has 0 bridgehead atoms. The molecule has 3 aromatic heterocycles. The number of ether oxygens (including phenoxy) is 2. The van der Waals surface area contributed by atoms with Crippen LogP contribution in [0.5, 0.6) is 5.88 Å². The fourth-order valence-electron chi connectivity index (χ4n) is 4.20. The van der Waals surface area contributed by atoms with E-state index in [1.165, 1.54) is 11.3 Å². The van der Waals surface area contributed by atoms with Crippen molar-refractivity contribution in [3.05, 3.63) is 56.8 Å². The summed E-state index contributed by atoms with van der Waals surface area (Å²) < 4.78 is 11.7. The lowest BCUT2D eigenvalue weighted by molar-refractivity contribution is 0.0525. The number of fused-ring (bicyclic) bond motifs is 3. The number of hydrogen-bond donors (Lipinski definition) is 2. The Morgan fingerprint density at radius 2 is 1.89 bits per heavy atom. The molecule has 0 saturated heterocycles. The Labute approximate surface area is 208 Å². The molecule has 0 radical (unpaired) electrons. The molecule has 7 nitrogen and oxygen atoms in total. The quantitative estimate of drug-likeness (QED) is 0.353. The average Bonchev–Trinajstić information content (AvgIpc) is 3.19. The lowest BCUT2D eigenvalue weighted by Gasteiger charge is -2.21. The molecule has 4 rings (SSSR count). The molecule has 0 spiro atoms. The van der Waals surface area contributed by atoms with Crippen molar-refractivity contribution in [2.75, 3.05) is 13.7 Å². The number of pyridine rings is 2. The van der Waals surface area contributed by atoms with Gasteiger partial charge in [-0.25, -0.2) is 9.78 Å². The summed E-state index contributed by atoms with van der Waals surface area (Å²) in [7, 11) is 1.61. The van der Waals surface area contributed by atoms with Gasteiger partial charge >= 0.3 is 6.09 Å². The topological polar surface area (TPSA) is 93.3 Å². The van der Waals surface area contributed by atoms with Crippen LogP contribution in [0.4, 0.5) is 4.79 Å². The molecule has 0 aliphatic carbocycles. The van der Waals surface area contributed by atoms with Crippen LogP contribution in [-0.4, -0.2) is 35.3 Å². The number of hydrogen-bond acceptors (Lipinski definition) is 6. The van der Waals surface area contributed by atoms with Crippen molar-refractivity contribution in [1.82, 2.24) is 15.3 Å². The average molecular weight is 494 g/mol. The number of rotatable bonds is 5. The highest BCUT2D eigenvalue weighted by Gasteiger charge is 2.21. The van der Waals surface area contributed by atoms with Crippen molar-refractivity contribution in [2.45, 2.75) is 53.1 Å². The van der Waals surface area contributed by atoms with E-state index in [1.807, 2.05) is 58.9 Å². The predicted octanol–water partition coefficient (Wildman–Crippen LogP) is 6.06. The van der Waals surface area contributed by atoms with Crippen LogP contribution in [0, 0.1) is 13.8 Å². The molecule has 1 unspecified atom stereocenters. The molecule has 3 heterocycles. The number of alkyl carbamates (subject to hydrolysis) is 1. The van der Waals surface area contributed by atoms with E-state index in [0.717, 1.165) is 37.9 Å². The first-order valence-corrected chi connectivity index (χ1v) is 12.4. The van der Waals surface area contributed by atoms with Crippen LogP contribution in [0.1, 0.15) is 49.7 Å². The van der Waals surface area contributed by atoms with Crippen LogP contribution in [0.15, 0.2) is 35.1 Å². The van der Waals surface area contributed by atoms with E-state index in [9.17, 15) is 9.59 Å². The Hall–Kier alpha value is -3.39. The van der Waals surface area contributed by atoms with Crippen LogP contribution in [-0.2, 0) is 4.74 Å². The third kappa shape index (κ3) is 5.03. The Morgan fingerprint density at radius 3 is 2.51 bits per heavy atom. The normalized spacial score (nSPS) is 12.7. The van der Waals surface area contributed by atoms with Crippen molar-refractivity contribution in [1.29, 1.82) is 0 Å². The number of H-pyrrole nitrogens is 1. The van der Waals surface area contributed by atoms with Crippen molar-refractivity contribution in [3.63, 3.8) is 0 Å². The molecular formula is C27H31N3O4S. The minimum absolute atomic E-state index is 0.0916. The molecule has 1 aromatic carbocycles. The number of methoxy groups -OCH3 is 1. The van der Waals surface area contributed by atoms with Crippen molar-refractivity contribution >= 4 is 38.4 Å². The van der Waals surface area contributed by atoms with Gasteiger partial charge in [-0.1, -0.05) is 31.2 Å². The molecular weight excluding hydrogens is 462 g/mol. The summed E-state index contributed by atoms with van der Waals surface area (Å²) in [6.45, 7) is 11.9. The van der Waals surface area contributed by atoms with E-state index in [0.29, 0.717) is 22.8 Å². The molecule has 35 heavy (non-hydrogen) atoms. The van der Waals surface area contributed by atoms with Crippen LogP contribution in [0.2, 0.25) is 0 Å². The Kier molecular flexibility index (Phi) is 6.60. The van der Waals surface area contributed by atoms with Gasteiger partial charge < -0.3 is 19.8 Å². The maximum Gasteiger partial charge on any atom is 0.407 e. The second kappa shape index (κ2) is 9.34. The Morgan fingerprint density at radius 1 is 1.20 bits per heavy atom. The van der Waals surface area contributed by atoms with Crippen LogP contribution in [0.3, 0.4) is 0 Å². The highest BCUT2D eigenvalue weighted by Crippen LogP contribution is 2.41. The molecule has 0 aliphatic heterocycles. The van der Waals surface area contributed by atoms with Crippen molar-refractivity contribution in [3.8, 4) is 17.0 Å². The summed E-state index contributed by atoms with van der Waals surface area (Å²) in [5.74, 6) is 0.605. The van der Waals surface area contributed by atoms with E-state index in [2.05, 4.69) is 28.3 Å². The first-order valence-electron chi connectivity index (χ1n) is 11.6. The summed E-state index contributed by atoms with van der Waals surface area (Å²) in [6.07, 6.45) is -0.424. The van der Waals surface area contributed by atoms with Crippen molar-refractivity contribution < 1.29 is 14.3 Å². The molecule has 0 aliphatic rings. The van der Waals surface area contributed by atoms with Gasteiger partial charge in [-0.3, -0.25) is 4.79 Å². The minimum atomic E-state index is -0.532. The van der Waals surface area contributed by atoms with Gasteiger partial charge in [0.2, 0.25) is 5.88 Å². The first-order chi connectivity index (χ1) is 16.5. The van der Waals surface area contributed by atoms with Crippen LogP contribution >= 0.6 is 11.3 Å². The van der Waals surface area contributed by atoms with Gasteiger partial charge in [0.25, 0.3) is 5.56 Å². The molecule has 1 amide bonds. The molecule has 0 saturated carbocycles. The second-order valence-electron chi connectivity index (χ2n) is 9.79. The fourth-order valence-corrected chi connectivity index (χ4v) is 5.11. The highest BCUT2D eigenvalue weighted by molar-refractivity contribution is 7.19. The van der Waals surface area contributed by atoms with Gasteiger partial charge in [0.05, 0.1) is 23.9 Å². The van der Waals surface area contributed by atoms with E-state index < -0.39 is 11.7 Å².